The van der Waals surface area contributed by atoms with E-state index in [0.29, 0.717) is 24.6 Å². The second-order valence-corrected chi connectivity index (χ2v) is 6.99. The number of benzene rings is 1. The Bertz CT molecular complexity index is 775. The Hall–Kier alpha value is -2.53. The molecule has 0 spiro atoms. The Labute approximate surface area is 163 Å². The molecule has 3 N–H and O–H groups in total. The number of aliphatic hydroxyl groups is 1. The van der Waals surface area contributed by atoms with Crippen LogP contribution in [0, 0.1) is 0 Å². The van der Waals surface area contributed by atoms with E-state index in [1.807, 2.05) is 10.3 Å². The van der Waals surface area contributed by atoms with Crippen molar-refractivity contribution in [3.8, 4) is 5.75 Å². The van der Waals surface area contributed by atoms with Gasteiger partial charge in [-0.1, -0.05) is 12.1 Å². The smallest absolute Gasteiger partial charge is 0.406 e. The molecule has 0 amide bonds. The van der Waals surface area contributed by atoms with Gasteiger partial charge in [-0.05, 0) is 17.7 Å². The van der Waals surface area contributed by atoms with E-state index in [1.165, 1.54) is 12.1 Å². The highest BCUT2D eigenvalue weighted by Crippen LogP contribution is 2.24. The molecular weight excluding hydrogens is 395 g/mol. The van der Waals surface area contributed by atoms with Crippen LogP contribution < -0.4 is 15.4 Å². The Morgan fingerprint density at radius 1 is 1.25 bits per heavy atom. The number of alkyl halides is 3. The normalized spacial score (nSPS) is 16.9. The highest BCUT2D eigenvalue weighted by atomic mass is 32.1. The Morgan fingerprint density at radius 3 is 2.50 bits per heavy atom. The maximum absolute atomic E-state index is 12.2. The number of rotatable bonds is 5. The number of ether oxygens (including phenoxy) is 1. The lowest BCUT2D eigenvalue weighted by Crippen LogP contribution is -2.51. The zero-order valence-corrected chi connectivity index (χ0v) is 15.7. The molecule has 0 bridgehead atoms. The fraction of sp³-hybridized carbons (Fsp3) is 0.412. The van der Waals surface area contributed by atoms with Crippen molar-refractivity contribution in [3.05, 3.63) is 41.4 Å². The van der Waals surface area contributed by atoms with E-state index in [1.54, 1.807) is 17.5 Å². The van der Waals surface area contributed by atoms with Crippen LogP contribution in [0.2, 0.25) is 0 Å². The molecule has 1 aliphatic heterocycles. The van der Waals surface area contributed by atoms with Crippen LogP contribution >= 0.6 is 11.3 Å². The third-order valence-corrected chi connectivity index (χ3v) is 5.05. The number of aliphatic imine (C=N–C) groups is 1. The van der Waals surface area contributed by atoms with Crippen molar-refractivity contribution in [3.63, 3.8) is 0 Å². The number of aliphatic hydroxyl groups excluding tert-OH is 1. The van der Waals surface area contributed by atoms with Crippen molar-refractivity contribution in [2.75, 3.05) is 37.6 Å². The Kier molecular flexibility index (Phi) is 6.25. The lowest BCUT2D eigenvalue weighted by Gasteiger charge is -2.35. The van der Waals surface area contributed by atoms with Crippen molar-refractivity contribution >= 4 is 22.4 Å². The first kappa shape index (κ1) is 20.2. The molecule has 1 aliphatic rings. The van der Waals surface area contributed by atoms with Crippen LogP contribution in [0.1, 0.15) is 11.7 Å². The van der Waals surface area contributed by atoms with Gasteiger partial charge in [0.05, 0.1) is 12.6 Å². The topological polar surface area (TPSA) is 87.2 Å². The average molecular weight is 415 g/mol. The number of guanidine groups is 1. The summed E-state index contributed by atoms with van der Waals surface area (Å²) in [4.78, 5) is 12.6. The lowest BCUT2D eigenvalue weighted by molar-refractivity contribution is -0.274. The monoisotopic (exact) mass is 415 g/mol. The van der Waals surface area contributed by atoms with Gasteiger partial charge in [-0.25, -0.2) is 4.98 Å². The summed E-state index contributed by atoms with van der Waals surface area (Å²) < 4.78 is 40.3. The van der Waals surface area contributed by atoms with Gasteiger partial charge in [0.2, 0.25) is 0 Å². The molecule has 1 aromatic heterocycles. The number of piperazine rings is 1. The van der Waals surface area contributed by atoms with E-state index in [0.717, 1.165) is 30.4 Å². The average Bonchev–Trinajstić information content (AvgIpc) is 3.20. The zero-order valence-electron chi connectivity index (χ0n) is 14.8. The molecule has 7 nitrogen and oxygen atoms in total. The van der Waals surface area contributed by atoms with Gasteiger partial charge in [-0.15, -0.1) is 24.5 Å². The van der Waals surface area contributed by atoms with Crippen molar-refractivity contribution in [2.24, 2.45) is 10.7 Å². The minimum atomic E-state index is -4.75. The molecule has 0 radical (unpaired) electrons. The number of nitrogens with zero attached hydrogens (tertiary/aromatic N) is 4. The summed E-state index contributed by atoms with van der Waals surface area (Å²) in [6, 6.07) is 5.03. The molecule has 1 fully saturated rings. The van der Waals surface area contributed by atoms with Crippen LogP contribution in [0.15, 0.2) is 40.8 Å². The molecule has 2 heterocycles. The summed E-state index contributed by atoms with van der Waals surface area (Å²) in [6.45, 7) is 2.93. The molecular formula is C17H20F3N5O2S. The van der Waals surface area contributed by atoms with Crippen LogP contribution in [-0.4, -0.2) is 60.0 Å². The molecule has 1 atom stereocenters. The highest BCUT2D eigenvalue weighted by molar-refractivity contribution is 7.13. The van der Waals surface area contributed by atoms with Crippen LogP contribution in [0.3, 0.4) is 0 Å². The second kappa shape index (κ2) is 8.65. The summed E-state index contributed by atoms with van der Waals surface area (Å²) >= 11 is 1.59. The van der Waals surface area contributed by atoms with Crippen LogP contribution in [0.5, 0.6) is 5.75 Å². The molecule has 28 heavy (non-hydrogen) atoms. The Morgan fingerprint density at radius 2 is 1.93 bits per heavy atom. The van der Waals surface area contributed by atoms with E-state index in [9.17, 15) is 18.3 Å². The van der Waals surface area contributed by atoms with Gasteiger partial charge in [0, 0.05) is 37.8 Å². The molecule has 1 aromatic carbocycles. The summed E-state index contributed by atoms with van der Waals surface area (Å²) in [6.07, 6.45) is -3.96. The van der Waals surface area contributed by atoms with Crippen molar-refractivity contribution in [1.82, 2.24) is 9.88 Å². The highest BCUT2D eigenvalue weighted by Gasteiger charge is 2.31. The van der Waals surface area contributed by atoms with Gasteiger partial charge in [0.1, 0.15) is 5.75 Å². The number of halogens is 3. The summed E-state index contributed by atoms with van der Waals surface area (Å²) in [5.74, 6) is -0.0144. The van der Waals surface area contributed by atoms with Crippen LogP contribution in [0.25, 0.3) is 0 Å². The van der Waals surface area contributed by atoms with Gasteiger partial charge < -0.3 is 25.4 Å². The fourth-order valence-electron chi connectivity index (χ4n) is 2.78. The first-order chi connectivity index (χ1) is 13.3. The van der Waals surface area contributed by atoms with Gasteiger partial charge in [-0.2, -0.15) is 0 Å². The quantitative estimate of drug-likeness (QED) is 0.575. The van der Waals surface area contributed by atoms with Crippen LogP contribution in [-0.2, 0) is 0 Å². The molecule has 1 unspecified atom stereocenters. The molecule has 11 heteroatoms. The largest absolute Gasteiger partial charge is 0.573 e. The maximum Gasteiger partial charge on any atom is 0.573 e. The zero-order chi connectivity index (χ0) is 20.1. The molecule has 2 aromatic rings. The lowest BCUT2D eigenvalue weighted by atomic mass is 10.1. The second-order valence-electron chi connectivity index (χ2n) is 6.12. The predicted octanol–water partition coefficient (Wildman–Crippen LogP) is 2.21. The van der Waals surface area contributed by atoms with E-state index >= 15 is 0 Å². The predicted molar refractivity (Wildman–Crippen MR) is 100 cm³/mol. The number of aromatic nitrogens is 1. The van der Waals surface area contributed by atoms with Gasteiger partial charge in [0.25, 0.3) is 0 Å². The van der Waals surface area contributed by atoms with Gasteiger partial charge in [-0.3, -0.25) is 4.99 Å². The molecule has 152 valence electrons. The summed E-state index contributed by atoms with van der Waals surface area (Å²) in [7, 11) is 0. The summed E-state index contributed by atoms with van der Waals surface area (Å²) in [5, 5.41) is 13.1. The number of hydrogen-bond acceptors (Lipinski definition) is 6. The standard InChI is InChI=1S/C17H20F3N5O2S/c18-17(19,20)27-13-3-1-12(2-4-13)14(26)11-23-15(21)24-6-8-25(9-7-24)16-22-5-10-28-16/h1-5,10,14,26H,6-9,11H2,(H2,21,23). The minimum Gasteiger partial charge on any atom is -0.406 e. The SMILES string of the molecule is NC(=NCC(O)c1ccc(OC(F)(F)F)cc1)N1CCN(c2nccs2)CC1. The van der Waals surface area contributed by atoms with Crippen LogP contribution in [0.4, 0.5) is 18.3 Å². The number of nitrogens with two attached hydrogens (primary N) is 1. The first-order valence-corrected chi connectivity index (χ1v) is 9.43. The van der Waals surface area contributed by atoms with Crippen molar-refractivity contribution in [2.45, 2.75) is 12.5 Å². The fourth-order valence-corrected chi connectivity index (χ4v) is 3.47. The molecule has 0 saturated carbocycles. The molecule has 0 aliphatic carbocycles. The van der Waals surface area contributed by atoms with E-state index < -0.39 is 12.5 Å². The number of thiazole rings is 1. The molecule has 3 rings (SSSR count). The van der Waals surface area contributed by atoms with Gasteiger partial charge >= 0.3 is 6.36 Å². The van der Waals surface area contributed by atoms with Gasteiger partial charge in [0.15, 0.2) is 11.1 Å². The minimum absolute atomic E-state index is 0.0119. The van der Waals surface area contributed by atoms with E-state index in [2.05, 4.69) is 19.6 Å². The third kappa shape index (κ3) is 5.49. The van der Waals surface area contributed by atoms with E-state index in [4.69, 9.17) is 5.73 Å². The Balaban J connectivity index is 1.50. The number of hydrogen-bond donors (Lipinski definition) is 2. The van der Waals surface area contributed by atoms with Crippen molar-refractivity contribution < 1.29 is 23.0 Å². The first-order valence-electron chi connectivity index (χ1n) is 8.55. The maximum atomic E-state index is 12.2. The van der Waals surface area contributed by atoms with Crippen molar-refractivity contribution in [1.29, 1.82) is 0 Å². The third-order valence-electron chi connectivity index (χ3n) is 4.22. The number of anilines is 1. The van der Waals surface area contributed by atoms with E-state index in [-0.39, 0.29) is 12.3 Å². The summed E-state index contributed by atoms with van der Waals surface area (Å²) in [5.41, 5.74) is 6.45. The molecule has 1 saturated heterocycles.